The van der Waals surface area contributed by atoms with Gasteiger partial charge in [-0.3, -0.25) is 0 Å². The summed E-state index contributed by atoms with van der Waals surface area (Å²) in [4.78, 5) is 19.3. The predicted molar refractivity (Wildman–Crippen MR) is 74.6 cm³/mol. The summed E-state index contributed by atoms with van der Waals surface area (Å²) in [5.74, 6) is 0.0261. The highest BCUT2D eigenvalue weighted by molar-refractivity contribution is 5.88. The Balaban J connectivity index is 2.19. The normalized spacial score (nSPS) is 10.1. The maximum atomic E-state index is 11.0. The van der Waals surface area contributed by atoms with Crippen LogP contribution in [0, 0.1) is 6.92 Å². The smallest absolute Gasteiger partial charge is 0.335 e. The average molecular weight is 273 g/mol. The molecule has 2 aromatic rings. The molecular weight excluding hydrogens is 258 g/mol. The van der Waals surface area contributed by atoms with E-state index < -0.39 is 5.97 Å². The van der Waals surface area contributed by atoms with Gasteiger partial charge in [-0.1, -0.05) is 0 Å². The number of ether oxygens (including phenoxy) is 1. The Morgan fingerprint density at radius 1 is 1.40 bits per heavy atom. The molecule has 0 spiro atoms. The SMILES string of the molecule is CCOc1ccc(Nc2cc(C(=O)O)cc(C)n2)cn1. The number of pyridine rings is 2. The third-order valence-electron chi connectivity index (χ3n) is 2.50. The van der Waals surface area contributed by atoms with Gasteiger partial charge in [-0.15, -0.1) is 0 Å². The first-order chi connectivity index (χ1) is 9.58. The fourth-order valence-corrected chi connectivity index (χ4v) is 1.69. The van der Waals surface area contributed by atoms with Gasteiger partial charge in [0.1, 0.15) is 5.82 Å². The van der Waals surface area contributed by atoms with Gasteiger partial charge in [0.25, 0.3) is 0 Å². The maximum Gasteiger partial charge on any atom is 0.335 e. The van der Waals surface area contributed by atoms with Gasteiger partial charge in [0, 0.05) is 11.8 Å². The molecule has 2 aromatic heterocycles. The van der Waals surface area contributed by atoms with Crippen LogP contribution in [0.4, 0.5) is 11.5 Å². The van der Waals surface area contributed by atoms with E-state index in [1.54, 1.807) is 25.3 Å². The summed E-state index contributed by atoms with van der Waals surface area (Å²) in [6.07, 6.45) is 1.61. The van der Waals surface area contributed by atoms with Crippen molar-refractivity contribution in [3.05, 3.63) is 41.7 Å². The van der Waals surface area contributed by atoms with E-state index >= 15 is 0 Å². The summed E-state index contributed by atoms with van der Waals surface area (Å²) < 4.78 is 5.25. The number of anilines is 2. The predicted octanol–water partition coefficient (Wildman–Crippen LogP) is 2.63. The lowest BCUT2D eigenvalue weighted by molar-refractivity contribution is 0.0696. The quantitative estimate of drug-likeness (QED) is 0.871. The van der Waals surface area contributed by atoms with Crippen LogP contribution in [-0.4, -0.2) is 27.7 Å². The molecule has 0 atom stereocenters. The van der Waals surface area contributed by atoms with Crippen molar-refractivity contribution in [1.29, 1.82) is 0 Å². The highest BCUT2D eigenvalue weighted by Crippen LogP contribution is 2.18. The Hall–Kier alpha value is -2.63. The standard InChI is InChI=1S/C14H15N3O3/c1-3-20-13-5-4-11(8-15-13)17-12-7-10(14(18)19)6-9(2)16-12/h4-8H,3H2,1-2H3,(H,16,17)(H,18,19). The molecule has 0 aliphatic carbocycles. The molecule has 0 fully saturated rings. The lowest BCUT2D eigenvalue weighted by atomic mass is 10.2. The molecule has 0 radical (unpaired) electrons. The third-order valence-corrected chi connectivity index (χ3v) is 2.50. The number of carboxylic acid groups (broad SMARTS) is 1. The first-order valence-electron chi connectivity index (χ1n) is 6.16. The van der Waals surface area contributed by atoms with Gasteiger partial charge in [0.15, 0.2) is 0 Å². The van der Waals surface area contributed by atoms with Gasteiger partial charge >= 0.3 is 5.97 Å². The first-order valence-corrected chi connectivity index (χ1v) is 6.16. The Kier molecular flexibility index (Phi) is 4.14. The molecule has 20 heavy (non-hydrogen) atoms. The van der Waals surface area contributed by atoms with Gasteiger partial charge < -0.3 is 15.2 Å². The second kappa shape index (κ2) is 6.01. The van der Waals surface area contributed by atoms with Crippen LogP contribution in [0.5, 0.6) is 5.88 Å². The van der Waals surface area contributed by atoms with Gasteiger partial charge in [-0.05, 0) is 32.0 Å². The molecule has 2 N–H and O–H groups in total. The largest absolute Gasteiger partial charge is 0.478 e. The van der Waals surface area contributed by atoms with E-state index in [2.05, 4.69) is 15.3 Å². The number of rotatable bonds is 5. The summed E-state index contributed by atoms with van der Waals surface area (Å²) >= 11 is 0. The molecule has 0 aliphatic heterocycles. The topological polar surface area (TPSA) is 84.3 Å². The van der Waals surface area contributed by atoms with Crippen LogP contribution in [0.15, 0.2) is 30.5 Å². The van der Waals surface area contributed by atoms with Gasteiger partial charge in [0.05, 0.1) is 24.1 Å². The molecule has 0 unspecified atom stereocenters. The van der Waals surface area contributed by atoms with Crippen LogP contribution in [0.2, 0.25) is 0 Å². The molecule has 104 valence electrons. The maximum absolute atomic E-state index is 11.0. The summed E-state index contributed by atoms with van der Waals surface area (Å²) in [6, 6.07) is 6.53. The Morgan fingerprint density at radius 2 is 2.20 bits per heavy atom. The van der Waals surface area contributed by atoms with Crippen molar-refractivity contribution in [2.45, 2.75) is 13.8 Å². The molecule has 2 heterocycles. The lowest BCUT2D eigenvalue weighted by Gasteiger charge is -2.08. The van der Waals surface area contributed by atoms with Crippen LogP contribution >= 0.6 is 0 Å². The monoisotopic (exact) mass is 273 g/mol. The molecule has 6 nitrogen and oxygen atoms in total. The van der Waals surface area contributed by atoms with Crippen LogP contribution < -0.4 is 10.1 Å². The van der Waals surface area contributed by atoms with Gasteiger partial charge in [0.2, 0.25) is 5.88 Å². The molecule has 0 bridgehead atoms. The summed E-state index contributed by atoms with van der Waals surface area (Å²) in [6.45, 7) is 4.19. The number of aromatic nitrogens is 2. The molecule has 0 saturated carbocycles. The molecule has 6 heteroatoms. The van der Waals surface area contributed by atoms with Crippen molar-refractivity contribution in [1.82, 2.24) is 9.97 Å². The summed E-state index contributed by atoms with van der Waals surface area (Å²) in [5.41, 5.74) is 1.54. The van der Waals surface area contributed by atoms with Crippen molar-refractivity contribution in [3.63, 3.8) is 0 Å². The Labute approximate surface area is 116 Å². The fourth-order valence-electron chi connectivity index (χ4n) is 1.69. The number of hydrogen-bond donors (Lipinski definition) is 2. The van der Waals surface area contributed by atoms with E-state index in [1.807, 2.05) is 6.92 Å². The van der Waals surface area contributed by atoms with Crippen molar-refractivity contribution in [2.24, 2.45) is 0 Å². The zero-order valence-corrected chi connectivity index (χ0v) is 11.3. The van der Waals surface area contributed by atoms with E-state index in [0.29, 0.717) is 29.7 Å². The van der Waals surface area contributed by atoms with Crippen LogP contribution in [0.1, 0.15) is 23.0 Å². The minimum Gasteiger partial charge on any atom is -0.478 e. The fraction of sp³-hybridized carbons (Fsp3) is 0.214. The van der Waals surface area contributed by atoms with Crippen LogP contribution in [-0.2, 0) is 0 Å². The first kappa shape index (κ1) is 13.8. The molecule has 2 rings (SSSR count). The lowest BCUT2D eigenvalue weighted by Crippen LogP contribution is -2.02. The summed E-state index contributed by atoms with van der Waals surface area (Å²) in [7, 11) is 0. The Bertz CT molecular complexity index is 612. The van der Waals surface area contributed by atoms with Gasteiger partial charge in [-0.2, -0.15) is 0 Å². The van der Waals surface area contributed by atoms with Crippen molar-refractivity contribution >= 4 is 17.5 Å². The minimum atomic E-state index is -0.983. The number of aryl methyl sites for hydroxylation is 1. The molecular formula is C14H15N3O3. The number of carboxylic acids is 1. The van der Waals surface area contributed by atoms with Crippen LogP contribution in [0.25, 0.3) is 0 Å². The number of carbonyl (C=O) groups is 1. The second-order valence-corrected chi connectivity index (χ2v) is 4.13. The van der Waals surface area contributed by atoms with Crippen molar-refractivity contribution < 1.29 is 14.6 Å². The van der Waals surface area contributed by atoms with Gasteiger partial charge in [-0.25, -0.2) is 14.8 Å². The van der Waals surface area contributed by atoms with E-state index in [1.165, 1.54) is 12.1 Å². The number of aromatic carboxylic acids is 1. The minimum absolute atomic E-state index is 0.193. The van der Waals surface area contributed by atoms with E-state index in [9.17, 15) is 4.79 Å². The molecule has 0 amide bonds. The Morgan fingerprint density at radius 3 is 2.80 bits per heavy atom. The number of hydrogen-bond acceptors (Lipinski definition) is 5. The second-order valence-electron chi connectivity index (χ2n) is 4.13. The zero-order chi connectivity index (χ0) is 14.5. The highest BCUT2D eigenvalue weighted by Gasteiger charge is 2.07. The van der Waals surface area contributed by atoms with Crippen molar-refractivity contribution in [3.8, 4) is 5.88 Å². The number of nitrogens with one attached hydrogen (secondary N) is 1. The zero-order valence-electron chi connectivity index (χ0n) is 11.3. The highest BCUT2D eigenvalue weighted by atomic mass is 16.5. The third kappa shape index (κ3) is 3.44. The molecule has 0 saturated heterocycles. The average Bonchev–Trinajstić information content (AvgIpc) is 2.40. The van der Waals surface area contributed by atoms with E-state index in [4.69, 9.17) is 9.84 Å². The van der Waals surface area contributed by atoms with E-state index in [0.717, 1.165) is 0 Å². The number of nitrogens with zero attached hydrogens (tertiary/aromatic N) is 2. The molecule has 0 aliphatic rings. The van der Waals surface area contributed by atoms with Crippen LogP contribution in [0.3, 0.4) is 0 Å². The van der Waals surface area contributed by atoms with E-state index in [-0.39, 0.29) is 5.56 Å². The molecule has 0 aromatic carbocycles. The van der Waals surface area contributed by atoms with Crippen molar-refractivity contribution in [2.75, 3.05) is 11.9 Å². The summed E-state index contributed by atoms with van der Waals surface area (Å²) in [5, 5.41) is 12.0.